The lowest BCUT2D eigenvalue weighted by molar-refractivity contribution is 0.0464. The summed E-state index contributed by atoms with van der Waals surface area (Å²) in [6.07, 6.45) is -0.756. The fourth-order valence-electron chi connectivity index (χ4n) is 2.67. The van der Waals surface area contributed by atoms with Gasteiger partial charge in [-0.3, -0.25) is 0 Å². The SMILES string of the molecule is Cc1ccc(F)cc1C(O)C1(CN)CCS(=O)(=O)C1. The molecule has 4 nitrogen and oxygen atoms in total. The number of aryl methyl sites for hydroxylation is 1. The number of halogens is 1. The molecule has 1 fully saturated rings. The molecule has 2 atom stereocenters. The van der Waals surface area contributed by atoms with Gasteiger partial charge in [0, 0.05) is 12.0 Å². The van der Waals surface area contributed by atoms with Crippen molar-refractivity contribution in [1.82, 2.24) is 0 Å². The first kappa shape index (κ1) is 14.4. The molecule has 0 aromatic heterocycles. The summed E-state index contributed by atoms with van der Waals surface area (Å²) < 4.78 is 36.6. The number of hydrogen-bond donors (Lipinski definition) is 2. The summed E-state index contributed by atoms with van der Waals surface area (Å²) in [5.41, 5.74) is 5.94. The molecule has 1 aliphatic rings. The van der Waals surface area contributed by atoms with Crippen LogP contribution in [0.1, 0.15) is 23.7 Å². The van der Waals surface area contributed by atoms with Crippen molar-refractivity contribution in [2.75, 3.05) is 18.1 Å². The van der Waals surface area contributed by atoms with Gasteiger partial charge in [0.15, 0.2) is 9.84 Å². The van der Waals surface area contributed by atoms with Crippen LogP contribution < -0.4 is 5.73 Å². The number of aliphatic hydroxyl groups excluding tert-OH is 1. The number of hydrogen-bond acceptors (Lipinski definition) is 4. The number of aliphatic hydroxyl groups is 1. The number of sulfone groups is 1. The fraction of sp³-hybridized carbons (Fsp3) is 0.538. The summed E-state index contributed by atoms with van der Waals surface area (Å²) in [6.45, 7) is 1.81. The van der Waals surface area contributed by atoms with Gasteiger partial charge in [-0.15, -0.1) is 0 Å². The van der Waals surface area contributed by atoms with Gasteiger partial charge in [-0.25, -0.2) is 12.8 Å². The van der Waals surface area contributed by atoms with E-state index in [1.165, 1.54) is 12.1 Å². The molecule has 1 aromatic carbocycles. The largest absolute Gasteiger partial charge is 0.388 e. The summed E-state index contributed by atoms with van der Waals surface area (Å²) >= 11 is 0. The van der Waals surface area contributed by atoms with Crippen molar-refractivity contribution < 1.29 is 17.9 Å². The quantitative estimate of drug-likeness (QED) is 0.866. The zero-order valence-corrected chi connectivity index (χ0v) is 11.6. The minimum absolute atomic E-state index is 0.0234. The van der Waals surface area contributed by atoms with E-state index in [-0.39, 0.29) is 18.1 Å². The second-order valence-electron chi connectivity index (χ2n) is 5.31. The van der Waals surface area contributed by atoms with Gasteiger partial charge < -0.3 is 10.8 Å². The Kier molecular flexibility index (Phi) is 3.68. The maximum absolute atomic E-state index is 13.3. The third-order valence-electron chi connectivity index (χ3n) is 3.94. The Morgan fingerprint density at radius 2 is 2.21 bits per heavy atom. The van der Waals surface area contributed by atoms with Crippen LogP contribution in [0.15, 0.2) is 18.2 Å². The first-order chi connectivity index (χ1) is 8.80. The molecular weight excluding hydrogens is 269 g/mol. The Balaban J connectivity index is 2.42. The Morgan fingerprint density at radius 1 is 1.53 bits per heavy atom. The van der Waals surface area contributed by atoms with Gasteiger partial charge >= 0.3 is 0 Å². The lowest BCUT2D eigenvalue weighted by Gasteiger charge is -2.32. The highest BCUT2D eigenvalue weighted by molar-refractivity contribution is 7.91. The standard InChI is InChI=1S/C13H18FNO3S/c1-9-2-3-10(14)6-11(9)12(16)13(7-15)4-5-19(17,18)8-13/h2-3,6,12,16H,4-5,7-8,15H2,1H3. The fourth-order valence-corrected chi connectivity index (χ4v) is 4.82. The van der Waals surface area contributed by atoms with Gasteiger partial charge in [0.25, 0.3) is 0 Å². The van der Waals surface area contributed by atoms with E-state index in [1.54, 1.807) is 13.0 Å². The molecule has 2 unspecified atom stereocenters. The van der Waals surface area contributed by atoms with Gasteiger partial charge in [-0.2, -0.15) is 0 Å². The predicted octanol–water partition coefficient (Wildman–Crippen LogP) is 0.931. The molecule has 3 N–H and O–H groups in total. The smallest absolute Gasteiger partial charge is 0.151 e. The molecule has 1 heterocycles. The maximum Gasteiger partial charge on any atom is 0.151 e. The van der Waals surface area contributed by atoms with Gasteiger partial charge in [0.2, 0.25) is 0 Å². The summed E-state index contributed by atoms with van der Waals surface area (Å²) in [5.74, 6) is -0.573. The van der Waals surface area contributed by atoms with Crippen molar-refractivity contribution in [3.63, 3.8) is 0 Å². The van der Waals surface area contributed by atoms with Crippen molar-refractivity contribution in [2.24, 2.45) is 11.1 Å². The van der Waals surface area contributed by atoms with Crippen LogP contribution in [0.5, 0.6) is 0 Å². The van der Waals surface area contributed by atoms with Crippen LogP contribution in [-0.2, 0) is 9.84 Å². The van der Waals surface area contributed by atoms with Crippen LogP contribution in [0.2, 0.25) is 0 Å². The van der Waals surface area contributed by atoms with E-state index in [0.717, 1.165) is 5.56 Å². The van der Waals surface area contributed by atoms with Crippen molar-refractivity contribution in [1.29, 1.82) is 0 Å². The molecule has 0 aliphatic carbocycles. The molecule has 0 saturated carbocycles. The van der Waals surface area contributed by atoms with E-state index in [9.17, 15) is 17.9 Å². The monoisotopic (exact) mass is 287 g/mol. The summed E-state index contributed by atoms with van der Waals surface area (Å²) in [7, 11) is -3.18. The molecule has 6 heteroatoms. The summed E-state index contributed by atoms with van der Waals surface area (Å²) in [4.78, 5) is 0. The molecule has 0 spiro atoms. The van der Waals surface area contributed by atoms with Gasteiger partial charge in [-0.05, 0) is 36.6 Å². The summed E-state index contributed by atoms with van der Waals surface area (Å²) in [5, 5.41) is 10.5. The van der Waals surface area contributed by atoms with E-state index in [4.69, 9.17) is 5.73 Å². The van der Waals surface area contributed by atoms with E-state index in [0.29, 0.717) is 12.0 Å². The summed E-state index contributed by atoms with van der Waals surface area (Å²) in [6, 6.07) is 4.13. The van der Waals surface area contributed by atoms with Crippen LogP contribution >= 0.6 is 0 Å². The third-order valence-corrected chi connectivity index (χ3v) is 5.78. The molecule has 2 rings (SSSR count). The topological polar surface area (TPSA) is 80.4 Å². The predicted molar refractivity (Wildman–Crippen MR) is 70.9 cm³/mol. The highest BCUT2D eigenvalue weighted by Gasteiger charge is 2.47. The van der Waals surface area contributed by atoms with Crippen molar-refractivity contribution >= 4 is 9.84 Å². The Bertz CT molecular complexity index is 588. The lowest BCUT2D eigenvalue weighted by atomic mass is 9.77. The highest BCUT2D eigenvalue weighted by Crippen LogP contribution is 2.43. The van der Waals surface area contributed by atoms with Crippen LogP contribution in [0.4, 0.5) is 4.39 Å². The molecule has 0 amide bonds. The maximum atomic E-state index is 13.3. The van der Waals surface area contributed by atoms with E-state index in [1.807, 2.05) is 0 Å². The van der Waals surface area contributed by atoms with Crippen molar-refractivity contribution in [3.8, 4) is 0 Å². The van der Waals surface area contributed by atoms with Gasteiger partial charge in [0.1, 0.15) is 5.82 Å². The molecule has 1 aromatic rings. The Labute approximate surface area is 112 Å². The minimum atomic E-state index is -3.18. The normalized spacial score (nSPS) is 27.4. The molecule has 19 heavy (non-hydrogen) atoms. The third kappa shape index (κ3) is 2.66. The van der Waals surface area contributed by atoms with Crippen molar-refractivity contribution in [2.45, 2.75) is 19.4 Å². The molecule has 0 bridgehead atoms. The zero-order valence-electron chi connectivity index (χ0n) is 10.8. The average molecular weight is 287 g/mol. The number of nitrogens with two attached hydrogens (primary N) is 1. The van der Waals surface area contributed by atoms with E-state index >= 15 is 0 Å². The number of rotatable bonds is 3. The molecule has 0 radical (unpaired) electrons. The highest BCUT2D eigenvalue weighted by atomic mass is 32.2. The first-order valence-electron chi connectivity index (χ1n) is 6.14. The van der Waals surface area contributed by atoms with Crippen LogP contribution in [-0.4, -0.2) is 31.6 Å². The Hall–Kier alpha value is -0.980. The van der Waals surface area contributed by atoms with Gasteiger partial charge in [0.05, 0.1) is 17.6 Å². The van der Waals surface area contributed by atoms with E-state index < -0.39 is 27.2 Å². The van der Waals surface area contributed by atoms with Crippen LogP contribution in [0, 0.1) is 18.2 Å². The molecule has 106 valence electrons. The zero-order chi connectivity index (χ0) is 14.3. The van der Waals surface area contributed by atoms with E-state index in [2.05, 4.69) is 0 Å². The average Bonchev–Trinajstić information content (AvgIpc) is 2.68. The molecule has 1 aliphatic heterocycles. The number of benzene rings is 1. The Morgan fingerprint density at radius 3 is 2.74 bits per heavy atom. The van der Waals surface area contributed by atoms with Crippen LogP contribution in [0.3, 0.4) is 0 Å². The lowest BCUT2D eigenvalue weighted by Crippen LogP contribution is -2.38. The van der Waals surface area contributed by atoms with Crippen LogP contribution in [0.25, 0.3) is 0 Å². The first-order valence-corrected chi connectivity index (χ1v) is 7.96. The second kappa shape index (κ2) is 4.85. The second-order valence-corrected chi connectivity index (χ2v) is 7.50. The molecule has 1 saturated heterocycles. The van der Waals surface area contributed by atoms with Gasteiger partial charge in [-0.1, -0.05) is 6.07 Å². The van der Waals surface area contributed by atoms with Crippen molar-refractivity contribution in [3.05, 3.63) is 35.1 Å². The minimum Gasteiger partial charge on any atom is -0.388 e. The molecular formula is C13H18FNO3S.